The van der Waals surface area contributed by atoms with Crippen LogP contribution in [0.1, 0.15) is 22.5 Å². The van der Waals surface area contributed by atoms with Crippen LogP contribution in [0.4, 0.5) is 16.2 Å². The van der Waals surface area contributed by atoms with Gasteiger partial charge in [0, 0.05) is 17.9 Å². The highest BCUT2D eigenvalue weighted by atomic mass is 35.5. The van der Waals surface area contributed by atoms with Crippen molar-refractivity contribution in [1.29, 1.82) is 0 Å². The van der Waals surface area contributed by atoms with E-state index >= 15 is 0 Å². The molecule has 14 heteroatoms. The Morgan fingerprint density at radius 2 is 1.85 bits per heavy atom. The summed E-state index contributed by atoms with van der Waals surface area (Å²) in [7, 11) is 0. The maximum Gasteiger partial charge on any atom is 0.414 e. The number of nitrogens with zero attached hydrogens (tertiary/aromatic N) is 3. The minimum absolute atomic E-state index is 0.0180. The lowest BCUT2D eigenvalue weighted by Gasteiger charge is -2.27. The first-order chi connectivity index (χ1) is 19.3. The van der Waals surface area contributed by atoms with Gasteiger partial charge in [-0.1, -0.05) is 11.6 Å². The van der Waals surface area contributed by atoms with Gasteiger partial charge in [-0.3, -0.25) is 29.0 Å². The number of esters is 1. The van der Waals surface area contributed by atoms with Crippen LogP contribution in [0.2, 0.25) is 4.34 Å². The van der Waals surface area contributed by atoms with E-state index in [1.54, 1.807) is 35.2 Å². The fraction of sp³-hybridized carbons (Fsp3) is 0.423. The van der Waals surface area contributed by atoms with Crippen molar-refractivity contribution in [2.45, 2.75) is 25.0 Å². The van der Waals surface area contributed by atoms with Gasteiger partial charge < -0.3 is 24.4 Å². The SMILES string of the molecule is O=C(OCC(=O)N(C[C@H]1CN(c2ccc(N3CCOCC3=O)cc2)C(=O)O1)C(=O)c1ccc(Cl)s1)[C@@H]1CCCN1. The quantitative estimate of drug-likeness (QED) is 0.458. The van der Waals surface area contributed by atoms with Crippen LogP contribution in [-0.4, -0.2) is 92.8 Å². The molecule has 212 valence electrons. The molecule has 2 aromatic rings. The topological polar surface area (TPSA) is 135 Å². The van der Waals surface area contributed by atoms with Gasteiger partial charge in [0.1, 0.15) is 18.8 Å². The average molecular weight is 591 g/mol. The van der Waals surface area contributed by atoms with Crippen molar-refractivity contribution in [3.05, 3.63) is 45.6 Å². The van der Waals surface area contributed by atoms with Gasteiger partial charge >= 0.3 is 12.1 Å². The molecule has 3 aliphatic rings. The van der Waals surface area contributed by atoms with E-state index in [1.165, 1.54) is 11.0 Å². The number of nitrogens with one attached hydrogen (secondary N) is 1. The molecule has 1 aromatic carbocycles. The molecule has 12 nitrogen and oxygen atoms in total. The third-order valence-corrected chi connectivity index (χ3v) is 7.95. The number of ether oxygens (including phenoxy) is 3. The Kier molecular flexibility index (Phi) is 8.64. The zero-order valence-corrected chi connectivity index (χ0v) is 22.9. The summed E-state index contributed by atoms with van der Waals surface area (Å²) < 4.78 is 16.2. The summed E-state index contributed by atoms with van der Waals surface area (Å²) in [5, 5.41) is 3.00. The monoisotopic (exact) mass is 590 g/mol. The van der Waals surface area contributed by atoms with Crippen molar-refractivity contribution in [3.8, 4) is 0 Å². The van der Waals surface area contributed by atoms with Gasteiger partial charge in [-0.2, -0.15) is 0 Å². The van der Waals surface area contributed by atoms with Crippen molar-refractivity contribution < 1.29 is 38.2 Å². The molecule has 1 N–H and O–H groups in total. The van der Waals surface area contributed by atoms with Gasteiger partial charge in [0.25, 0.3) is 17.7 Å². The lowest BCUT2D eigenvalue weighted by Crippen LogP contribution is -2.45. The lowest BCUT2D eigenvalue weighted by molar-refractivity contribution is -0.152. The number of carbonyl (C=O) groups excluding carboxylic acids is 5. The van der Waals surface area contributed by atoms with Crippen LogP contribution >= 0.6 is 22.9 Å². The Balaban J connectivity index is 1.26. The summed E-state index contributed by atoms with van der Waals surface area (Å²) in [6.07, 6.45) is -0.0303. The van der Waals surface area contributed by atoms with Gasteiger partial charge in [0.15, 0.2) is 6.61 Å². The Morgan fingerprint density at radius 3 is 2.50 bits per heavy atom. The number of anilines is 2. The van der Waals surface area contributed by atoms with E-state index in [2.05, 4.69) is 5.32 Å². The molecule has 4 amide bonds. The number of morpholine rings is 1. The minimum Gasteiger partial charge on any atom is -0.454 e. The number of hydrogen-bond donors (Lipinski definition) is 1. The second-order valence-corrected chi connectivity index (χ2v) is 11.1. The fourth-order valence-electron chi connectivity index (χ4n) is 4.69. The largest absolute Gasteiger partial charge is 0.454 e. The predicted octanol–water partition coefficient (Wildman–Crippen LogP) is 2.05. The van der Waals surface area contributed by atoms with Crippen molar-refractivity contribution in [2.24, 2.45) is 0 Å². The highest BCUT2D eigenvalue weighted by Gasteiger charge is 2.37. The Morgan fingerprint density at radius 1 is 1.10 bits per heavy atom. The normalized spacial score (nSPS) is 20.9. The smallest absolute Gasteiger partial charge is 0.414 e. The molecule has 0 spiro atoms. The zero-order chi connectivity index (χ0) is 28.2. The molecule has 3 saturated heterocycles. The van der Waals surface area contributed by atoms with E-state index in [4.69, 9.17) is 25.8 Å². The van der Waals surface area contributed by atoms with Crippen LogP contribution in [0, 0.1) is 0 Å². The molecule has 5 rings (SSSR count). The Hall–Kier alpha value is -3.52. The van der Waals surface area contributed by atoms with E-state index in [0.717, 1.165) is 22.7 Å². The number of imide groups is 1. The molecular formula is C26H27ClN4O8S. The van der Waals surface area contributed by atoms with E-state index in [0.29, 0.717) is 41.8 Å². The van der Waals surface area contributed by atoms with Gasteiger partial charge in [-0.15, -0.1) is 11.3 Å². The second kappa shape index (κ2) is 12.3. The standard InChI is InChI=1S/C26H27ClN4O8S/c27-21-8-7-20(40-21)24(34)31(23(33)15-38-25(35)19-2-1-9-28-19)13-18-12-30(26(36)39-18)17-5-3-16(4-6-17)29-10-11-37-14-22(29)32/h3-8,18-19,28H,1-2,9-15H2/t18-,19+/m1/s1. The van der Waals surface area contributed by atoms with Gasteiger partial charge in [-0.05, 0) is 55.8 Å². The van der Waals surface area contributed by atoms with Crippen molar-refractivity contribution in [3.63, 3.8) is 0 Å². The molecule has 1 aromatic heterocycles. The van der Waals surface area contributed by atoms with Crippen LogP contribution in [0.5, 0.6) is 0 Å². The van der Waals surface area contributed by atoms with Crippen LogP contribution in [0.15, 0.2) is 36.4 Å². The molecule has 4 heterocycles. The molecule has 0 saturated carbocycles. The predicted molar refractivity (Wildman–Crippen MR) is 145 cm³/mol. The van der Waals surface area contributed by atoms with Crippen molar-refractivity contribution in [1.82, 2.24) is 10.2 Å². The number of rotatable bonds is 8. The van der Waals surface area contributed by atoms with Crippen LogP contribution < -0.4 is 15.1 Å². The third kappa shape index (κ3) is 6.28. The molecule has 0 aliphatic carbocycles. The maximum absolute atomic E-state index is 13.2. The molecule has 0 unspecified atom stereocenters. The summed E-state index contributed by atoms with van der Waals surface area (Å²) in [6.45, 7) is 0.784. The van der Waals surface area contributed by atoms with Crippen molar-refractivity contribution in [2.75, 3.05) is 55.8 Å². The second-order valence-electron chi connectivity index (χ2n) is 9.40. The number of cyclic esters (lactones) is 1. The summed E-state index contributed by atoms with van der Waals surface area (Å²) in [5.41, 5.74) is 1.21. The zero-order valence-electron chi connectivity index (χ0n) is 21.4. The maximum atomic E-state index is 13.2. The van der Waals surface area contributed by atoms with Crippen LogP contribution in [0.25, 0.3) is 0 Å². The highest BCUT2D eigenvalue weighted by Crippen LogP contribution is 2.27. The average Bonchev–Trinajstić information content (AvgIpc) is 3.72. The summed E-state index contributed by atoms with van der Waals surface area (Å²) in [5.74, 6) is -2.08. The number of hydrogen-bond acceptors (Lipinski definition) is 10. The lowest BCUT2D eigenvalue weighted by atomic mass is 10.2. The Labute approximate surface area is 238 Å². The van der Waals surface area contributed by atoms with Gasteiger partial charge in [0.05, 0.1) is 28.9 Å². The summed E-state index contributed by atoms with van der Waals surface area (Å²) in [6, 6.07) is 9.40. The number of thiophene rings is 1. The first-order valence-electron chi connectivity index (χ1n) is 12.8. The molecular weight excluding hydrogens is 564 g/mol. The third-order valence-electron chi connectivity index (χ3n) is 6.73. The van der Waals surface area contributed by atoms with E-state index in [-0.39, 0.29) is 30.5 Å². The molecule has 3 aliphatic heterocycles. The van der Waals surface area contributed by atoms with Crippen LogP contribution in [-0.2, 0) is 28.6 Å². The number of carbonyl (C=O) groups is 5. The molecule has 3 fully saturated rings. The molecule has 0 radical (unpaired) electrons. The summed E-state index contributed by atoms with van der Waals surface area (Å²) >= 11 is 7.00. The molecule has 2 atom stereocenters. The van der Waals surface area contributed by atoms with Gasteiger partial charge in [-0.25, -0.2) is 4.79 Å². The van der Waals surface area contributed by atoms with E-state index < -0.39 is 42.6 Å². The van der Waals surface area contributed by atoms with E-state index in [1.807, 2.05) is 0 Å². The van der Waals surface area contributed by atoms with E-state index in [9.17, 15) is 24.0 Å². The molecule has 0 bridgehead atoms. The van der Waals surface area contributed by atoms with Crippen LogP contribution in [0.3, 0.4) is 0 Å². The van der Waals surface area contributed by atoms with Crippen molar-refractivity contribution >= 4 is 64.1 Å². The van der Waals surface area contributed by atoms with Gasteiger partial charge in [0.2, 0.25) is 0 Å². The fourth-order valence-corrected chi connectivity index (χ4v) is 5.68. The summed E-state index contributed by atoms with van der Waals surface area (Å²) in [4.78, 5) is 67.6. The Bertz CT molecular complexity index is 1300. The first-order valence-corrected chi connectivity index (χ1v) is 14.0. The number of halogens is 1. The minimum atomic E-state index is -0.830. The number of amides is 4. The number of benzene rings is 1. The molecule has 40 heavy (non-hydrogen) atoms. The first kappa shape index (κ1) is 28.0. The highest BCUT2D eigenvalue weighted by molar-refractivity contribution is 7.18.